The molecule has 0 aliphatic carbocycles. The standard InChI is InChI=1S/C14H25N3OS/c1-3-6-15-8-14-16-12(11-19-14)9-17(2)10-13-5-4-7-18-13/h11,13,15H,3-10H2,1-2H3. The van der Waals surface area contributed by atoms with Crippen molar-refractivity contribution in [3.05, 3.63) is 16.1 Å². The van der Waals surface area contributed by atoms with Crippen molar-refractivity contribution in [1.29, 1.82) is 0 Å². The molecule has 0 radical (unpaired) electrons. The Kier molecular flexibility index (Phi) is 6.23. The number of likely N-dealkylation sites (N-methyl/N-ethyl adjacent to an activating group) is 1. The minimum atomic E-state index is 0.425. The lowest BCUT2D eigenvalue weighted by molar-refractivity contribution is 0.0790. The van der Waals surface area contributed by atoms with Crippen LogP contribution in [-0.2, 0) is 17.8 Å². The van der Waals surface area contributed by atoms with Crippen molar-refractivity contribution >= 4 is 11.3 Å². The Morgan fingerprint density at radius 1 is 1.58 bits per heavy atom. The second-order valence-electron chi connectivity index (χ2n) is 5.24. The number of hydrogen-bond donors (Lipinski definition) is 1. The number of ether oxygens (including phenoxy) is 1. The van der Waals surface area contributed by atoms with Gasteiger partial charge in [0.2, 0.25) is 0 Å². The average Bonchev–Trinajstić information content (AvgIpc) is 3.02. The Morgan fingerprint density at radius 2 is 2.47 bits per heavy atom. The predicted molar refractivity (Wildman–Crippen MR) is 79.4 cm³/mol. The van der Waals surface area contributed by atoms with Crippen molar-refractivity contribution in [3.63, 3.8) is 0 Å². The zero-order valence-electron chi connectivity index (χ0n) is 12.0. The van der Waals surface area contributed by atoms with Gasteiger partial charge in [0, 0.05) is 31.6 Å². The van der Waals surface area contributed by atoms with Crippen LogP contribution in [0.2, 0.25) is 0 Å². The molecule has 19 heavy (non-hydrogen) atoms. The highest BCUT2D eigenvalue weighted by atomic mass is 32.1. The third kappa shape index (κ3) is 5.18. The van der Waals surface area contributed by atoms with Gasteiger partial charge in [-0.1, -0.05) is 6.92 Å². The Bertz CT molecular complexity index is 363. The molecule has 1 aromatic rings. The highest BCUT2D eigenvalue weighted by Gasteiger charge is 2.17. The van der Waals surface area contributed by atoms with E-state index in [0.29, 0.717) is 6.10 Å². The summed E-state index contributed by atoms with van der Waals surface area (Å²) in [4.78, 5) is 6.98. The smallest absolute Gasteiger partial charge is 0.107 e. The van der Waals surface area contributed by atoms with E-state index in [9.17, 15) is 0 Å². The maximum Gasteiger partial charge on any atom is 0.107 e. The van der Waals surface area contributed by atoms with Gasteiger partial charge in [0.05, 0.1) is 11.8 Å². The first-order chi connectivity index (χ1) is 9.28. The number of hydrogen-bond acceptors (Lipinski definition) is 5. The van der Waals surface area contributed by atoms with Crippen molar-refractivity contribution in [2.45, 2.75) is 45.4 Å². The summed E-state index contributed by atoms with van der Waals surface area (Å²) < 4.78 is 5.66. The third-order valence-corrected chi connectivity index (χ3v) is 4.17. The summed E-state index contributed by atoms with van der Waals surface area (Å²) in [5.41, 5.74) is 1.18. The van der Waals surface area contributed by atoms with Crippen LogP contribution in [-0.4, -0.2) is 42.7 Å². The Labute approximate surface area is 120 Å². The van der Waals surface area contributed by atoms with Crippen LogP contribution in [0.4, 0.5) is 0 Å². The van der Waals surface area contributed by atoms with Gasteiger partial charge in [-0.15, -0.1) is 11.3 Å². The molecular weight excluding hydrogens is 258 g/mol. The number of aromatic nitrogens is 1. The van der Waals surface area contributed by atoms with Crippen molar-refractivity contribution in [3.8, 4) is 0 Å². The molecule has 1 aliphatic rings. The van der Waals surface area contributed by atoms with Gasteiger partial charge in [-0.2, -0.15) is 0 Å². The van der Waals surface area contributed by atoms with Crippen molar-refractivity contribution < 1.29 is 4.74 Å². The maximum atomic E-state index is 5.66. The first-order valence-corrected chi connectivity index (χ1v) is 8.10. The van der Waals surface area contributed by atoms with Gasteiger partial charge in [0.25, 0.3) is 0 Å². The zero-order valence-corrected chi connectivity index (χ0v) is 12.8. The summed E-state index contributed by atoms with van der Waals surface area (Å²) >= 11 is 1.75. The summed E-state index contributed by atoms with van der Waals surface area (Å²) in [6, 6.07) is 0. The molecule has 0 amide bonds. The maximum absolute atomic E-state index is 5.66. The van der Waals surface area contributed by atoms with Gasteiger partial charge in [-0.05, 0) is 32.9 Å². The van der Waals surface area contributed by atoms with Crippen LogP contribution in [0.5, 0.6) is 0 Å². The van der Waals surface area contributed by atoms with Crippen LogP contribution in [0.25, 0.3) is 0 Å². The van der Waals surface area contributed by atoms with Gasteiger partial charge < -0.3 is 10.1 Å². The fraction of sp³-hybridized carbons (Fsp3) is 0.786. The highest BCUT2D eigenvalue weighted by Crippen LogP contribution is 2.15. The lowest BCUT2D eigenvalue weighted by atomic mass is 10.2. The molecule has 1 N–H and O–H groups in total. The summed E-state index contributed by atoms with van der Waals surface area (Å²) in [5.74, 6) is 0. The van der Waals surface area contributed by atoms with Gasteiger partial charge in [-0.25, -0.2) is 4.98 Å². The van der Waals surface area contributed by atoms with Gasteiger partial charge in [0.1, 0.15) is 5.01 Å². The highest BCUT2D eigenvalue weighted by molar-refractivity contribution is 7.09. The molecule has 108 valence electrons. The molecular formula is C14H25N3OS. The van der Waals surface area contributed by atoms with E-state index >= 15 is 0 Å². The number of thiazole rings is 1. The first kappa shape index (κ1) is 14.9. The molecule has 1 saturated heterocycles. The van der Waals surface area contributed by atoms with Gasteiger partial charge in [0.15, 0.2) is 0 Å². The van der Waals surface area contributed by atoms with Crippen LogP contribution in [0.1, 0.15) is 36.9 Å². The molecule has 0 spiro atoms. The fourth-order valence-electron chi connectivity index (χ4n) is 2.35. The number of nitrogens with zero attached hydrogens (tertiary/aromatic N) is 2. The molecule has 0 saturated carbocycles. The summed E-state index contributed by atoms with van der Waals surface area (Å²) in [5, 5.41) is 6.76. The molecule has 1 atom stereocenters. The summed E-state index contributed by atoms with van der Waals surface area (Å²) in [6.45, 7) is 7.01. The molecule has 4 nitrogen and oxygen atoms in total. The molecule has 2 rings (SSSR count). The average molecular weight is 283 g/mol. The van der Waals surface area contributed by atoms with Gasteiger partial charge in [-0.3, -0.25) is 4.90 Å². The van der Waals surface area contributed by atoms with E-state index in [-0.39, 0.29) is 0 Å². The fourth-order valence-corrected chi connectivity index (χ4v) is 3.11. The second-order valence-corrected chi connectivity index (χ2v) is 6.18. The summed E-state index contributed by atoms with van der Waals surface area (Å²) in [6.07, 6.45) is 4.01. The quantitative estimate of drug-likeness (QED) is 0.743. The topological polar surface area (TPSA) is 37.4 Å². The van der Waals surface area contributed by atoms with Crippen LogP contribution in [0, 0.1) is 0 Å². The van der Waals surface area contributed by atoms with Crippen molar-refractivity contribution in [2.75, 3.05) is 26.7 Å². The van der Waals surface area contributed by atoms with E-state index in [4.69, 9.17) is 4.74 Å². The van der Waals surface area contributed by atoms with E-state index in [1.54, 1.807) is 11.3 Å². The lowest BCUT2D eigenvalue weighted by Gasteiger charge is -2.19. The largest absolute Gasteiger partial charge is 0.377 e. The van der Waals surface area contributed by atoms with Crippen LogP contribution in [0.3, 0.4) is 0 Å². The van der Waals surface area contributed by atoms with Crippen LogP contribution in [0.15, 0.2) is 5.38 Å². The first-order valence-electron chi connectivity index (χ1n) is 7.22. The predicted octanol–water partition coefficient (Wildman–Crippen LogP) is 2.25. The number of rotatable bonds is 8. The van der Waals surface area contributed by atoms with Crippen LogP contribution >= 0.6 is 11.3 Å². The molecule has 1 unspecified atom stereocenters. The van der Waals surface area contributed by atoms with Gasteiger partial charge >= 0.3 is 0 Å². The molecule has 1 aliphatic heterocycles. The normalized spacial score (nSPS) is 19.4. The lowest BCUT2D eigenvalue weighted by Crippen LogP contribution is -2.28. The second kappa shape index (κ2) is 7.94. The Morgan fingerprint density at radius 3 is 3.21 bits per heavy atom. The van der Waals surface area contributed by atoms with E-state index in [0.717, 1.165) is 32.8 Å². The monoisotopic (exact) mass is 283 g/mol. The Hall–Kier alpha value is -0.490. The molecule has 5 heteroatoms. The zero-order chi connectivity index (χ0) is 13.5. The van der Waals surface area contributed by atoms with E-state index in [1.165, 1.54) is 30.0 Å². The molecule has 0 aromatic carbocycles. The minimum Gasteiger partial charge on any atom is -0.377 e. The minimum absolute atomic E-state index is 0.425. The van der Waals surface area contributed by atoms with Crippen molar-refractivity contribution in [2.24, 2.45) is 0 Å². The number of nitrogens with one attached hydrogen (secondary N) is 1. The molecule has 2 heterocycles. The molecule has 1 fully saturated rings. The van der Waals surface area contributed by atoms with Crippen molar-refractivity contribution in [1.82, 2.24) is 15.2 Å². The van der Waals surface area contributed by atoms with Crippen LogP contribution < -0.4 is 5.32 Å². The van der Waals surface area contributed by atoms with E-state index in [2.05, 4.69) is 34.6 Å². The van der Waals surface area contributed by atoms with E-state index < -0.39 is 0 Å². The molecule has 1 aromatic heterocycles. The third-order valence-electron chi connectivity index (χ3n) is 3.27. The van der Waals surface area contributed by atoms with E-state index in [1.807, 2.05) is 0 Å². The summed E-state index contributed by atoms with van der Waals surface area (Å²) in [7, 11) is 2.15. The molecule has 0 bridgehead atoms. The Balaban J connectivity index is 1.72. The SMILES string of the molecule is CCCNCc1nc(CN(C)CC2CCCO2)cs1.